The zero-order valence-electron chi connectivity index (χ0n) is 9.58. The van der Waals surface area contributed by atoms with Crippen molar-refractivity contribution in [3.8, 4) is 5.75 Å². The highest BCUT2D eigenvalue weighted by atomic mass is 127. The summed E-state index contributed by atoms with van der Waals surface area (Å²) in [4.78, 5) is 0. The average molecular weight is 354 g/mol. The summed E-state index contributed by atoms with van der Waals surface area (Å²) in [5, 5.41) is 18.2. The molecule has 0 saturated heterocycles. The normalized spacial score (nSPS) is 10.2. The van der Waals surface area contributed by atoms with Crippen molar-refractivity contribution in [3.63, 3.8) is 0 Å². The largest absolute Gasteiger partial charge is 0.489 e. The quantitative estimate of drug-likeness (QED) is 0.647. The number of hydrogen-bond acceptors (Lipinski definition) is 3. The lowest BCUT2D eigenvalue weighted by Crippen LogP contribution is -2.32. The molecular weight excluding hydrogens is 342 g/mol. The zero-order valence-corrected chi connectivity index (χ0v) is 11.7. The third-order valence-electron chi connectivity index (χ3n) is 2.50. The molecule has 92 valence electrons. The van der Waals surface area contributed by atoms with E-state index in [-0.39, 0.29) is 0 Å². The van der Waals surface area contributed by atoms with Crippen molar-refractivity contribution < 1.29 is 14.8 Å². The minimum Gasteiger partial charge on any atom is -0.489 e. The first-order valence-electron chi connectivity index (χ1n) is 5.49. The zero-order chi connectivity index (χ0) is 13.0. The summed E-state index contributed by atoms with van der Waals surface area (Å²) in [5.74, 6) is 0.715. The summed E-state index contributed by atoms with van der Waals surface area (Å²) >= 11 is 2.06. The molecule has 18 heavy (non-hydrogen) atoms. The van der Waals surface area contributed by atoms with Crippen LogP contribution in [0.15, 0.2) is 48.5 Å². The molecule has 0 aliphatic carbocycles. The topological polar surface area (TPSA) is 49.7 Å². The van der Waals surface area contributed by atoms with E-state index in [0.717, 1.165) is 9.13 Å². The number of benzene rings is 2. The van der Waals surface area contributed by atoms with Crippen LogP contribution < -0.4 is 10.2 Å². The van der Waals surface area contributed by atoms with Crippen LogP contribution in [0.4, 0.5) is 0 Å². The van der Waals surface area contributed by atoms with Crippen LogP contribution in [0.1, 0.15) is 5.56 Å². The maximum atomic E-state index is 9.11. The minimum atomic E-state index is -1.44. The van der Waals surface area contributed by atoms with E-state index in [2.05, 4.69) is 22.6 Å². The Labute approximate surface area is 120 Å². The summed E-state index contributed by atoms with van der Waals surface area (Å²) < 4.78 is 6.41. The number of hydrogen-bond donors (Lipinski definition) is 2. The van der Waals surface area contributed by atoms with Gasteiger partial charge in [-0.3, -0.25) is 0 Å². The van der Waals surface area contributed by atoms with Gasteiger partial charge in [0.15, 0.2) is 0 Å². The molecule has 0 atom stereocenters. The lowest BCUT2D eigenvalue weighted by molar-refractivity contribution is 0.306. The van der Waals surface area contributed by atoms with E-state index in [9.17, 15) is 0 Å². The van der Waals surface area contributed by atoms with Crippen LogP contribution in [-0.2, 0) is 6.61 Å². The van der Waals surface area contributed by atoms with Crippen LogP contribution in [0, 0.1) is 3.57 Å². The van der Waals surface area contributed by atoms with E-state index in [1.807, 2.05) is 30.3 Å². The second-order valence-corrected chi connectivity index (χ2v) is 4.99. The third-order valence-corrected chi connectivity index (χ3v) is 3.43. The highest BCUT2D eigenvalue weighted by Gasteiger charge is 2.14. The van der Waals surface area contributed by atoms with Gasteiger partial charge in [-0.1, -0.05) is 36.4 Å². The number of ether oxygens (including phenoxy) is 1. The van der Waals surface area contributed by atoms with Crippen molar-refractivity contribution in [2.75, 3.05) is 0 Å². The van der Waals surface area contributed by atoms with Gasteiger partial charge in [0.1, 0.15) is 12.4 Å². The van der Waals surface area contributed by atoms with Gasteiger partial charge in [0.05, 0.1) is 0 Å². The molecule has 0 fully saturated rings. The first-order chi connectivity index (χ1) is 8.66. The van der Waals surface area contributed by atoms with Crippen molar-refractivity contribution in [2.24, 2.45) is 0 Å². The van der Waals surface area contributed by atoms with Crippen molar-refractivity contribution in [3.05, 3.63) is 57.7 Å². The Morgan fingerprint density at radius 2 is 1.78 bits per heavy atom. The van der Waals surface area contributed by atoms with Crippen LogP contribution in [0.25, 0.3) is 0 Å². The summed E-state index contributed by atoms with van der Waals surface area (Å²) in [5.41, 5.74) is 1.58. The van der Waals surface area contributed by atoms with Gasteiger partial charge in [0.2, 0.25) is 0 Å². The summed E-state index contributed by atoms with van der Waals surface area (Å²) in [6.07, 6.45) is 0. The standard InChI is InChI=1S/C13H12BIO3/c15-13-8-11(6-7-12(13)14(16)17)18-9-10-4-2-1-3-5-10/h1-8,16-17H,9H2. The molecule has 0 bridgehead atoms. The predicted octanol–water partition coefficient (Wildman–Crippen LogP) is 1.55. The van der Waals surface area contributed by atoms with E-state index >= 15 is 0 Å². The fraction of sp³-hybridized carbons (Fsp3) is 0.0769. The van der Waals surface area contributed by atoms with Crippen LogP contribution in [0.5, 0.6) is 5.75 Å². The molecule has 2 aromatic carbocycles. The van der Waals surface area contributed by atoms with Crippen LogP contribution in [-0.4, -0.2) is 17.2 Å². The summed E-state index contributed by atoms with van der Waals surface area (Å²) in [6.45, 7) is 0.498. The Morgan fingerprint density at radius 3 is 2.39 bits per heavy atom. The Hall–Kier alpha value is -1.05. The predicted molar refractivity (Wildman–Crippen MR) is 79.8 cm³/mol. The highest BCUT2D eigenvalue weighted by Crippen LogP contribution is 2.15. The van der Waals surface area contributed by atoms with Crippen LogP contribution in [0.2, 0.25) is 0 Å². The van der Waals surface area contributed by atoms with Gasteiger partial charge in [-0.05, 0) is 45.7 Å². The molecule has 0 spiro atoms. The summed E-state index contributed by atoms with van der Waals surface area (Å²) in [7, 11) is -1.44. The molecule has 2 N–H and O–H groups in total. The van der Waals surface area contributed by atoms with Gasteiger partial charge in [0.25, 0.3) is 0 Å². The molecule has 0 saturated carbocycles. The molecule has 0 aliphatic heterocycles. The minimum absolute atomic E-state index is 0.489. The van der Waals surface area contributed by atoms with Gasteiger partial charge in [-0.2, -0.15) is 0 Å². The molecule has 0 aromatic heterocycles. The van der Waals surface area contributed by atoms with Crippen LogP contribution in [0.3, 0.4) is 0 Å². The molecule has 3 nitrogen and oxygen atoms in total. The SMILES string of the molecule is OB(O)c1ccc(OCc2ccccc2)cc1I. The van der Waals surface area contributed by atoms with Crippen molar-refractivity contribution in [1.82, 2.24) is 0 Å². The molecule has 5 heteroatoms. The second-order valence-electron chi connectivity index (χ2n) is 3.83. The second kappa shape index (κ2) is 6.22. The van der Waals surface area contributed by atoms with Crippen molar-refractivity contribution in [1.29, 1.82) is 0 Å². The molecule has 0 unspecified atom stereocenters. The monoisotopic (exact) mass is 354 g/mol. The first kappa shape index (κ1) is 13.4. The summed E-state index contributed by atoms with van der Waals surface area (Å²) in [6, 6.07) is 15.1. The average Bonchev–Trinajstić information content (AvgIpc) is 2.37. The lowest BCUT2D eigenvalue weighted by atomic mass is 9.80. The maximum Gasteiger partial charge on any atom is 0.489 e. The fourth-order valence-corrected chi connectivity index (χ4v) is 2.31. The molecule has 2 rings (SSSR count). The molecule has 0 heterocycles. The fourth-order valence-electron chi connectivity index (χ4n) is 1.55. The smallest absolute Gasteiger partial charge is 0.489 e. The van der Waals surface area contributed by atoms with Gasteiger partial charge in [-0.25, -0.2) is 0 Å². The van der Waals surface area contributed by atoms with E-state index in [1.54, 1.807) is 18.2 Å². The van der Waals surface area contributed by atoms with Gasteiger partial charge in [-0.15, -0.1) is 0 Å². The molecule has 2 aromatic rings. The lowest BCUT2D eigenvalue weighted by Gasteiger charge is -2.09. The Kier molecular flexibility index (Phi) is 4.63. The van der Waals surface area contributed by atoms with E-state index in [4.69, 9.17) is 14.8 Å². The molecule has 0 amide bonds. The van der Waals surface area contributed by atoms with E-state index in [0.29, 0.717) is 17.8 Å². The number of rotatable bonds is 4. The van der Waals surface area contributed by atoms with E-state index in [1.165, 1.54) is 0 Å². The first-order valence-corrected chi connectivity index (χ1v) is 6.57. The van der Waals surface area contributed by atoms with Crippen LogP contribution >= 0.6 is 22.6 Å². The third kappa shape index (κ3) is 3.47. The number of halogens is 1. The Bertz CT molecular complexity index is 517. The Morgan fingerprint density at radius 1 is 1.06 bits per heavy atom. The molecular formula is C13H12BIO3. The van der Waals surface area contributed by atoms with E-state index < -0.39 is 7.12 Å². The Balaban J connectivity index is 2.05. The van der Waals surface area contributed by atoms with Gasteiger partial charge < -0.3 is 14.8 Å². The maximum absolute atomic E-state index is 9.11. The molecule has 0 aliphatic rings. The van der Waals surface area contributed by atoms with Gasteiger partial charge in [0, 0.05) is 3.57 Å². The highest BCUT2D eigenvalue weighted by molar-refractivity contribution is 14.1. The van der Waals surface area contributed by atoms with Crippen molar-refractivity contribution in [2.45, 2.75) is 6.61 Å². The molecule has 0 radical (unpaired) electrons. The van der Waals surface area contributed by atoms with Gasteiger partial charge >= 0.3 is 7.12 Å². The van der Waals surface area contributed by atoms with Crippen molar-refractivity contribution >= 4 is 35.2 Å².